The Hall–Kier alpha value is -1.69. The van der Waals surface area contributed by atoms with Crippen molar-refractivity contribution in [3.8, 4) is 5.75 Å². The van der Waals surface area contributed by atoms with Crippen LogP contribution in [0.2, 0.25) is 0 Å². The van der Waals surface area contributed by atoms with E-state index in [1.165, 1.54) is 6.92 Å². The number of carbonyl (C=O) groups excluding carboxylic acids is 1. The maximum atomic E-state index is 13.6. The second-order valence-electron chi connectivity index (χ2n) is 3.75. The summed E-state index contributed by atoms with van der Waals surface area (Å²) in [5, 5.41) is 2.50. The summed E-state index contributed by atoms with van der Waals surface area (Å²) in [6, 6.07) is 2.17. The number of nitrogens with two attached hydrogens (primary N) is 1. The highest BCUT2D eigenvalue weighted by molar-refractivity contribution is 5.80. The standard InChI is InChI=1S/C12H16F2N2O2/c1-3-16-12(17)7(2)18-11-9(13)4-8(6-15)5-10(11)14/h4-5,7H,3,6,15H2,1-2H3,(H,16,17). The summed E-state index contributed by atoms with van der Waals surface area (Å²) in [5.74, 6) is -2.73. The lowest BCUT2D eigenvalue weighted by molar-refractivity contribution is -0.127. The smallest absolute Gasteiger partial charge is 0.260 e. The molecular weight excluding hydrogens is 242 g/mol. The van der Waals surface area contributed by atoms with Crippen LogP contribution in [-0.4, -0.2) is 18.6 Å². The van der Waals surface area contributed by atoms with Crippen molar-refractivity contribution in [2.45, 2.75) is 26.5 Å². The quantitative estimate of drug-likeness (QED) is 0.837. The van der Waals surface area contributed by atoms with Crippen LogP contribution in [0.1, 0.15) is 19.4 Å². The molecule has 0 aromatic heterocycles. The highest BCUT2D eigenvalue weighted by atomic mass is 19.1. The molecule has 1 rings (SSSR count). The van der Waals surface area contributed by atoms with Crippen LogP contribution in [0.25, 0.3) is 0 Å². The molecule has 1 unspecified atom stereocenters. The predicted molar refractivity (Wildman–Crippen MR) is 63.0 cm³/mol. The average Bonchev–Trinajstić information content (AvgIpc) is 2.33. The minimum atomic E-state index is -0.974. The molecule has 6 heteroatoms. The maximum Gasteiger partial charge on any atom is 0.260 e. The topological polar surface area (TPSA) is 64.3 Å². The number of hydrogen-bond acceptors (Lipinski definition) is 3. The predicted octanol–water partition coefficient (Wildman–Crippen LogP) is 1.33. The number of hydrogen-bond donors (Lipinski definition) is 2. The van der Waals surface area contributed by atoms with Gasteiger partial charge in [-0.15, -0.1) is 0 Å². The molecule has 0 aliphatic rings. The van der Waals surface area contributed by atoms with Gasteiger partial charge in [0.25, 0.3) is 5.91 Å². The number of amides is 1. The van der Waals surface area contributed by atoms with Gasteiger partial charge in [-0.25, -0.2) is 8.78 Å². The summed E-state index contributed by atoms with van der Waals surface area (Å²) < 4.78 is 32.1. The van der Waals surface area contributed by atoms with Gasteiger partial charge in [-0.3, -0.25) is 4.79 Å². The van der Waals surface area contributed by atoms with E-state index in [-0.39, 0.29) is 6.54 Å². The molecule has 4 nitrogen and oxygen atoms in total. The normalized spacial score (nSPS) is 12.1. The molecule has 100 valence electrons. The Labute approximate surface area is 104 Å². The maximum absolute atomic E-state index is 13.6. The molecule has 1 aromatic carbocycles. The Balaban J connectivity index is 2.88. The van der Waals surface area contributed by atoms with Gasteiger partial charge in [0.05, 0.1) is 0 Å². The summed E-state index contributed by atoms with van der Waals surface area (Å²) in [4.78, 5) is 11.4. The molecule has 0 fully saturated rings. The largest absolute Gasteiger partial charge is 0.475 e. The summed E-state index contributed by atoms with van der Waals surface area (Å²) in [7, 11) is 0. The second-order valence-corrected chi connectivity index (χ2v) is 3.75. The first-order valence-corrected chi connectivity index (χ1v) is 5.62. The van der Waals surface area contributed by atoms with Gasteiger partial charge in [-0.2, -0.15) is 0 Å². The zero-order valence-electron chi connectivity index (χ0n) is 10.3. The number of nitrogens with one attached hydrogen (secondary N) is 1. The van der Waals surface area contributed by atoms with Crippen LogP contribution < -0.4 is 15.8 Å². The summed E-state index contributed by atoms with van der Waals surface area (Å²) in [6.45, 7) is 3.60. The van der Waals surface area contributed by atoms with Crippen LogP contribution in [0.5, 0.6) is 5.75 Å². The Morgan fingerprint density at radius 1 is 1.44 bits per heavy atom. The van der Waals surface area contributed by atoms with Gasteiger partial charge in [0, 0.05) is 13.1 Å². The SMILES string of the molecule is CCNC(=O)C(C)Oc1c(F)cc(CN)cc1F. The lowest BCUT2D eigenvalue weighted by atomic mass is 10.2. The number of carbonyl (C=O) groups is 1. The Morgan fingerprint density at radius 3 is 2.44 bits per heavy atom. The Bertz CT molecular complexity index is 415. The molecule has 0 spiro atoms. The van der Waals surface area contributed by atoms with Crippen LogP contribution in [0.15, 0.2) is 12.1 Å². The van der Waals surface area contributed by atoms with E-state index in [4.69, 9.17) is 10.5 Å². The average molecular weight is 258 g/mol. The van der Waals surface area contributed by atoms with Gasteiger partial charge in [0.1, 0.15) is 0 Å². The van der Waals surface area contributed by atoms with Crippen LogP contribution in [0, 0.1) is 11.6 Å². The van der Waals surface area contributed by atoms with Crippen molar-refractivity contribution in [3.05, 3.63) is 29.3 Å². The molecule has 3 N–H and O–H groups in total. The van der Waals surface area contributed by atoms with E-state index < -0.39 is 29.4 Å². The molecule has 0 aliphatic heterocycles. The molecule has 1 atom stereocenters. The molecular formula is C12H16F2N2O2. The summed E-state index contributed by atoms with van der Waals surface area (Å²) in [6.07, 6.45) is -0.974. The van der Waals surface area contributed by atoms with Crippen LogP contribution in [0.3, 0.4) is 0 Å². The highest BCUT2D eigenvalue weighted by Gasteiger charge is 2.19. The van der Waals surface area contributed by atoms with Crippen molar-refractivity contribution in [2.75, 3.05) is 6.54 Å². The fourth-order valence-electron chi connectivity index (χ4n) is 1.39. The monoisotopic (exact) mass is 258 g/mol. The Kier molecular flexibility index (Phi) is 5.03. The molecule has 18 heavy (non-hydrogen) atoms. The third kappa shape index (κ3) is 3.40. The lowest BCUT2D eigenvalue weighted by Crippen LogP contribution is -2.36. The van der Waals surface area contributed by atoms with E-state index in [1.807, 2.05) is 0 Å². The van der Waals surface area contributed by atoms with Crippen LogP contribution >= 0.6 is 0 Å². The first-order valence-electron chi connectivity index (χ1n) is 5.62. The number of likely N-dealkylation sites (N-methyl/N-ethyl adjacent to an activating group) is 1. The third-order valence-electron chi connectivity index (χ3n) is 2.31. The molecule has 0 aliphatic carbocycles. The van der Waals surface area contributed by atoms with Crippen molar-refractivity contribution >= 4 is 5.91 Å². The lowest BCUT2D eigenvalue weighted by Gasteiger charge is -2.15. The zero-order chi connectivity index (χ0) is 13.7. The first-order chi connectivity index (χ1) is 8.49. The van der Waals surface area contributed by atoms with Crippen LogP contribution in [-0.2, 0) is 11.3 Å². The molecule has 0 saturated heterocycles. The Morgan fingerprint density at radius 2 is 2.00 bits per heavy atom. The zero-order valence-corrected chi connectivity index (χ0v) is 10.3. The third-order valence-corrected chi connectivity index (χ3v) is 2.31. The summed E-state index contributed by atoms with van der Waals surface area (Å²) >= 11 is 0. The van der Waals surface area contributed by atoms with Crippen molar-refractivity contribution in [1.29, 1.82) is 0 Å². The molecule has 0 heterocycles. The van der Waals surface area contributed by atoms with Crippen molar-refractivity contribution in [2.24, 2.45) is 5.73 Å². The fourth-order valence-corrected chi connectivity index (χ4v) is 1.39. The molecule has 1 amide bonds. The fraction of sp³-hybridized carbons (Fsp3) is 0.417. The van der Waals surface area contributed by atoms with Crippen molar-refractivity contribution in [3.63, 3.8) is 0 Å². The van der Waals surface area contributed by atoms with E-state index >= 15 is 0 Å². The van der Waals surface area contributed by atoms with Gasteiger partial charge in [-0.05, 0) is 31.5 Å². The van der Waals surface area contributed by atoms with Crippen LogP contribution in [0.4, 0.5) is 8.78 Å². The van der Waals surface area contributed by atoms with E-state index in [0.29, 0.717) is 12.1 Å². The number of benzene rings is 1. The van der Waals surface area contributed by atoms with E-state index in [1.54, 1.807) is 6.92 Å². The molecule has 0 radical (unpaired) electrons. The van der Waals surface area contributed by atoms with Crippen molar-refractivity contribution in [1.82, 2.24) is 5.32 Å². The highest BCUT2D eigenvalue weighted by Crippen LogP contribution is 2.24. The van der Waals surface area contributed by atoms with E-state index in [0.717, 1.165) is 12.1 Å². The summed E-state index contributed by atoms with van der Waals surface area (Å²) in [5.41, 5.74) is 5.61. The van der Waals surface area contributed by atoms with Gasteiger partial charge < -0.3 is 15.8 Å². The number of rotatable bonds is 5. The molecule has 0 bridgehead atoms. The van der Waals surface area contributed by atoms with E-state index in [2.05, 4.69) is 5.32 Å². The van der Waals surface area contributed by atoms with Crippen molar-refractivity contribution < 1.29 is 18.3 Å². The first kappa shape index (κ1) is 14.4. The molecule has 1 aromatic rings. The molecule has 0 saturated carbocycles. The minimum Gasteiger partial charge on any atom is -0.475 e. The van der Waals surface area contributed by atoms with Gasteiger partial charge >= 0.3 is 0 Å². The number of halogens is 2. The minimum absolute atomic E-state index is 0.0278. The number of ether oxygens (including phenoxy) is 1. The van der Waals surface area contributed by atoms with Gasteiger partial charge in [0.2, 0.25) is 0 Å². The van der Waals surface area contributed by atoms with E-state index in [9.17, 15) is 13.6 Å². The van der Waals surface area contributed by atoms with Gasteiger partial charge in [-0.1, -0.05) is 0 Å². The van der Waals surface area contributed by atoms with Gasteiger partial charge in [0.15, 0.2) is 23.5 Å². The second kappa shape index (κ2) is 6.30.